The Labute approximate surface area is 166 Å². The van der Waals surface area contributed by atoms with Crippen molar-refractivity contribution in [2.75, 3.05) is 0 Å². The van der Waals surface area contributed by atoms with E-state index in [1.807, 2.05) is 0 Å². The number of carboxylic acid groups (broad SMARTS) is 1. The zero-order valence-electron chi connectivity index (χ0n) is 17.6. The molecule has 0 unspecified atom stereocenters. The number of aliphatic carboxylic acids is 1. The van der Waals surface area contributed by atoms with Crippen molar-refractivity contribution < 1.29 is 33.7 Å². The lowest BCUT2D eigenvalue weighted by molar-refractivity contribution is -0.179. The quantitative estimate of drug-likeness (QED) is 0.559. The van der Waals surface area contributed by atoms with Crippen molar-refractivity contribution in [3.8, 4) is 5.75 Å². The van der Waals surface area contributed by atoms with Crippen LogP contribution in [0, 0.1) is 5.92 Å². The third kappa shape index (κ3) is 8.41. The molecule has 1 rings (SSSR count). The first-order chi connectivity index (χ1) is 12.7. The average Bonchev–Trinajstić information content (AvgIpc) is 2.50. The highest BCUT2D eigenvalue weighted by molar-refractivity contribution is 5.98. The minimum Gasteiger partial charge on any atom is -0.481 e. The molecule has 0 aliphatic rings. The molecule has 0 aliphatic carbocycles. The second-order valence-corrected chi connectivity index (χ2v) is 8.65. The van der Waals surface area contributed by atoms with Crippen molar-refractivity contribution in [2.45, 2.75) is 72.2 Å². The first-order valence-electron chi connectivity index (χ1n) is 9.12. The fraction of sp³-hybridized carbons (Fsp3) is 0.571. The molecular formula is C21H30O7. The van der Waals surface area contributed by atoms with Crippen molar-refractivity contribution in [1.82, 2.24) is 0 Å². The Bertz CT molecular complexity index is 665. The SMILES string of the molecule is C[C@@H](Cc1ccc(OC(C(=O)OC(C)(C)C)C(=O)OC(C)(C)C)cc1)C(=O)O. The predicted octanol–water partition coefficient (Wildman–Crippen LogP) is 3.38. The second-order valence-electron chi connectivity index (χ2n) is 8.65. The van der Waals surface area contributed by atoms with Gasteiger partial charge >= 0.3 is 17.9 Å². The molecule has 0 heterocycles. The molecule has 1 N–H and O–H groups in total. The molecule has 1 atom stereocenters. The summed E-state index contributed by atoms with van der Waals surface area (Å²) < 4.78 is 16.1. The molecule has 156 valence electrons. The number of benzene rings is 1. The summed E-state index contributed by atoms with van der Waals surface area (Å²) in [5.41, 5.74) is -0.789. The van der Waals surface area contributed by atoms with Crippen molar-refractivity contribution in [1.29, 1.82) is 0 Å². The van der Waals surface area contributed by atoms with Gasteiger partial charge in [-0.25, -0.2) is 9.59 Å². The highest BCUT2D eigenvalue weighted by Crippen LogP contribution is 2.20. The number of hydrogen-bond donors (Lipinski definition) is 1. The van der Waals surface area contributed by atoms with E-state index >= 15 is 0 Å². The predicted molar refractivity (Wildman–Crippen MR) is 103 cm³/mol. The zero-order chi connectivity index (χ0) is 21.7. The number of esters is 2. The maximum atomic E-state index is 12.5. The summed E-state index contributed by atoms with van der Waals surface area (Å²) in [6, 6.07) is 6.53. The van der Waals surface area contributed by atoms with E-state index < -0.39 is 41.1 Å². The van der Waals surface area contributed by atoms with Gasteiger partial charge in [0.25, 0.3) is 6.10 Å². The Morgan fingerprint density at radius 3 is 1.68 bits per heavy atom. The molecule has 7 nitrogen and oxygen atoms in total. The van der Waals surface area contributed by atoms with E-state index in [0.717, 1.165) is 5.56 Å². The monoisotopic (exact) mass is 394 g/mol. The average molecular weight is 394 g/mol. The van der Waals surface area contributed by atoms with Crippen molar-refractivity contribution >= 4 is 17.9 Å². The number of carbonyl (C=O) groups excluding carboxylic acids is 2. The fourth-order valence-electron chi connectivity index (χ4n) is 2.18. The van der Waals surface area contributed by atoms with Crippen LogP contribution in [-0.4, -0.2) is 40.3 Å². The number of rotatable bonds is 7. The summed E-state index contributed by atoms with van der Waals surface area (Å²) in [7, 11) is 0. The normalized spacial score (nSPS) is 13.0. The Morgan fingerprint density at radius 1 is 0.893 bits per heavy atom. The van der Waals surface area contributed by atoms with Crippen LogP contribution in [0.5, 0.6) is 5.75 Å². The highest BCUT2D eigenvalue weighted by Gasteiger charge is 2.37. The molecule has 0 spiro atoms. The van der Waals surface area contributed by atoms with Gasteiger partial charge in [0.1, 0.15) is 17.0 Å². The minimum absolute atomic E-state index is 0.272. The summed E-state index contributed by atoms with van der Waals surface area (Å²) in [5.74, 6) is -2.82. The van der Waals surface area contributed by atoms with E-state index in [1.165, 1.54) is 0 Å². The van der Waals surface area contributed by atoms with Crippen molar-refractivity contribution in [2.24, 2.45) is 5.92 Å². The molecule has 0 saturated heterocycles. The molecule has 0 aliphatic heterocycles. The van der Waals surface area contributed by atoms with Crippen LogP contribution >= 0.6 is 0 Å². The van der Waals surface area contributed by atoms with Crippen LogP contribution in [0.2, 0.25) is 0 Å². The van der Waals surface area contributed by atoms with Crippen LogP contribution in [0.3, 0.4) is 0 Å². The van der Waals surface area contributed by atoms with Gasteiger partial charge in [-0.05, 0) is 65.7 Å². The lowest BCUT2D eigenvalue weighted by Crippen LogP contribution is -2.44. The molecule has 0 radical (unpaired) electrons. The van der Waals surface area contributed by atoms with Crippen molar-refractivity contribution in [3.63, 3.8) is 0 Å². The summed E-state index contributed by atoms with van der Waals surface area (Å²) >= 11 is 0. The van der Waals surface area contributed by atoms with Gasteiger partial charge in [0.15, 0.2) is 0 Å². The molecule has 0 bridgehead atoms. The van der Waals surface area contributed by atoms with Crippen LogP contribution in [-0.2, 0) is 30.3 Å². The van der Waals surface area contributed by atoms with Crippen molar-refractivity contribution in [3.05, 3.63) is 29.8 Å². The Balaban J connectivity index is 2.97. The lowest BCUT2D eigenvalue weighted by Gasteiger charge is -2.26. The first kappa shape index (κ1) is 23.5. The van der Waals surface area contributed by atoms with E-state index in [0.29, 0.717) is 6.42 Å². The number of hydrogen-bond acceptors (Lipinski definition) is 6. The van der Waals surface area contributed by atoms with Gasteiger partial charge in [0.05, 0.1) is 5.92 Å². The van der Waals surface area contributed by atoms with Gasteiger partial charge in [-0.15, -0.1) is 0 Å². The van der Waals surface area contributed by atoms with Gasteiger partial charge < -0.3 is 19.3 Å². The van der Waals surface area contributed by atoms with Gasteiger partial charge in [0.2, 0.25) is 0 Å². The molecule has 0 amide bonds. The van der Waals surface area contributed by atoms with E-state index in [-0.39, 0.29) is 5.75 Å². The third-order valence-electron chi connectivity index (χ3n) is 3.38. The standard InChI is InChI=1S/C21H30O7/c1-13(17(22)23)12-14-8-10-15(11-9-14)26-16(18(24)27-20(2,3)4)19(25)28-21(5,6)7/h8-11,13,16H,12H2,1-7H3,(H,22,23)/t13-/m0/s1. The Hall–Kier alpha value is -2.57. The van der Waals surface area contributed by atoms with Gasteiger partial charge in [-0.2, -0.15) is 0 Å². The molecule has 1 aromatic rings. The van der Waals surface area contributed by atoms with E-state index in [4.69, 9.17) is 19.3 Å². The van der Waals surface area contributed by atoms with Gasteiger partial charge in [-0.3, -0.25) is 4.79 Å². The number of carbonyl (C=O) groups is 3. The second kappa shape index (κ2) is 9.08. The largest absolute Gasteiger partial charge is 0.481 e. The molecular weight excluding hydrogens is 364 g/mol. The van der Waals surface area contributed by atoms with Crippen LogP contribution in [0.1, 0.15) is 54.0 Å². The van der Waals surface area contributed by atoms with Crippen LogP contribution in [0.25, 0.3) is 0 Å². The fourth-order valence-corrected chi connectivity index (χ4v) is 2.18. The number of carboxylic acids is 1. The Kier molecular flexibility index (Phi) is 7.61. The van der Waals surface area contributed by atoms with Crippen LogP contribution in [0.4, 0.5) is 0 Å². The topological polar surface area (TPSA) is 99.1 Å². The molecule has 28 heavy (non-hydrogen) atoms. The van der Waals surface area contributed by atoms with E-state index in [2.05, 4.69) is 0 Å². The summed E-state index contributed by atoms with van der Waals surface area (Å²) in [5, 5.41) is 9.00. The first-order valence-corrected chi connectivity index (χ1v) is 9.12. The highest BCUT2D eigenvalue weighted by atomic mass is 16.6. The summed E-state index contributed by atoms with van der Waals surface area (Å²) in [6.45, 7) is 11.8. The van der Waals surface area contributed by atoms with Gasteiger partial charge in [0, 0.05) is 0 Å². The van der Waals surface area contributed by atoms with E-state index in [9.17, 15) is 14.4 Å². The minimum atomic E-state index is -1.57. The molecule has 0 aromatic heterocycles. The van der Waals surface area contributed by atoms with E-state index in [1.54, 1.807) is 72.7 Å². The van der Waals surface area contributed by atoms with Gasteiger partial charge in [-0.1, -0.05) is 19.1 Å². The third-order valence-corrected chi connectivity index (χ3v) is 3.38. The maximum Gasteiger partial charge on any atom is 0.359 e. The summed E-state index contributed by atoms with van der Waals surface area (Å²) in [6.07, 6.45) is -1.21. The zero-order valence-corrected chi connectivity index (χ0v) is 17.6. The summed E-state index contributed by atoms with van der Waals surface area (Å²) in [4.78, 5) is 35.9. The molecule has 0 saturated carbocycles. The Morgan fingerprint density at radius 2 is 1.32 bits per heavy atom. The lowest BCUT2D eigenvalue weighted by atomic mass is 10.0. The number of ether oxygens (including phenoxy) is 3. The molecule has 1 aromatic carbocycles. The molecule has 0 fully saturated rings. The maximum absolute atomic E-state index is 12.5. The molecule has 7 heteroatoms. The smallest absolute Gasteiger partial charge is 0.359 e. The van der Waals surface area contributed by atoms with Crippen LogP contribution in [0.15, 0.2) is 24.3 Å². The van der Waals surface area contributed by atoms with Crippen LogP contribution < -0.4 is 4.74 Å².